The van der Waals surface area contributed by atoms with Gasteiger partial charge in [-0.1, -0.05) is 11.3 Å². The van der Waals surface area contributed by atoms with Gasteiger partial charge in [0, 0.05) is 6.20 Å². The maximum Gasteiger partial charge on any atom is 0.251 e. The van der Waals surface area contributed by atoms with Crippen LogP contribution in [0.15, 0.2) is 50.6 Å². The van der Waals surface area contributed by atoms with Crippen molar-refractivity contribution in [1.82, 2.24) is 20.0 Å². The van der Waals surface area contributed by atoms with Crippen LogP contribution in [-0.2, 0) is 0 Å². The molecule has 0 amide bonds. The van der Waals surface area contributed by atoms with Gasteiger partial charge in [-0.15, -0.1) is 5.10 Å². The molecule has 0 radical (unpaired) electrons. The number of aromatic nitrogens is 4. The summed E-state index contributed by atoms with van der Waals surface area (Å²) in [4.78, 5) is 21.1. The Bertz CT molecular complexity index is 855. The van der Waals surface area contributed by atoms with Crippen molar-refractivity contribution >= 4 is 23.8 Å². The van der Waals surface area contributed by atoms with E-state index < -0.39 is 5.66 Å². The maximum atomic E-state index is 6.16. The molecule has 22 heavy (non-hydrogen) atoms. The van der Waals surface area contributed by atoms with Crippen molar-refractivity contribution in [3.8, 4) is 11.4 Å². The van der Waals surface area contributed by atoms with E-state index in [1.54, 1.807) is 19.3 Å². The van der Waals surface area contributed by atoms with Gasteiger partial charge in [0.25, 0.3) is 5.96 Å². The van der Waals surface area contributed by atoms with E-state index in [1.165, 1.54) is 11.0 Å². The molecule has 9 nitrogen and oxygen atoms in total. The fourth-order valence-electron chi connectivity index (χ4n) is 2.18. The van der Waals surface area contributed by atoms with Crippen LogP contribution in [0.1, 0.15) is 6.92 Å². The normalized spacial score (nSPS) is 22.9. The van der Waals surface area contributed by atoms with Crippen LogP contribution in [0.5, 0.6) is 0 Å². The number of hydrogen-bond donors (Lipinski definition) is 1. The van der Waals surface area contributed by atoms with Crippen LogP contribution in [-0.4, -0.2) is 49.5 Å². The zero-order valence-corrected chi connectivity index (χ0v) is 11.6. The van der Waals surface area contributed by atoms with Gasteiger partial charge in [0.2, 0.25) is 0 Å². The first kappa shape index (κ1) is 12.7. The topological polar surface area (TPSA) is 119 Å². The van der Waals surface area contributed by atoms with Gasteiger partial charge in [-0.25, -0.2) is 15.0 Å². The largest absolute Gasteiger partial charge is 0.302 e. The highest BCUT2D eigenvalue weighted by Crippen LogP contribution is 2.18. The zero-order chi connectivity index (χ0) is 15.2. The predicted octanol–water partition coefficient (Wildman–Crippen LogP) is 0.114. The summed E-state index contributed by atoms with van der Waals surface area (Å²) in [5.74, 6) is 0.762. The van der Waals surface area contributed by atoms with Crippen LogP contribution in [0.3, 0.4) is 0 Å². The quantitative estimate of drug-likeness (QED) is 0.802. The van der Waals surface area contributed by atoms with Crippen molar-refractivity contribution < 1.29 is 0 Å². The van der Waals surface area contributed by atoms with E-state index in [4.69, 9.17) is 5.73 Å². The summed E-state index contributed by atoms with van der Waals surface area (Å²) in [5.41, 5.74) is 7.04. The third-order valence-corrected chi connectivity index (χ3v) is 3.22. The summed E-state index contributed by atoms with van der Waals surface area (Å²) in [6.07, 6.45) is 4.81. The number of pyridine rings is 1. The Balaban J connectivity index is 1.75. The minimum atomic E-state index is -1.000. The molecule has 1 atom stereocenters. The summed E-state index contributed by atoms with van der Waals surface area (Å²) in [6, 6.07) is 5.57. The number of nitrogens with zero attached hydrogens (tertiary/aromatic N) is 8. The Kier molecular flexibility index (Phi) is 2.57. The molecule has 0 saturated heterocycles. The minimum Gasteiger partial charge on any atom is -0.302 e. The van der Waals surface area contributed by atoms with E-state index in [0.29, 0.717) is 23.2 Å². The molecule has 2 aliphatic rings. The lowest BCUT2D eigenvalue weighted by atomic mass is 10.1. The number of hydrogen-bond acceptors (Lipinski definition) is 8. The Labute approximate surface area is 125 Å². The van der Waals surface area contributed by atoms with Gasteiger partial charge in [0.05, 0.1) is 11.9 Å². The lowest BCUT2D eigenvalue weighted by Gasteiger charge is -2.23. The summed E-state index contributed by atoms with van der Waals surface area (Å²) < 4.78 is 1.45. The molecule has 108 valence electrons. The van der Waals surface area contributed by atoms with Gasteiger partial charge in [0.15, 0.2) is 11.5 Å². The second-order valence-electron chi connectivity index (χ2n) is 4.98. The summed E-state index contributed by atoms with van der Waals surface area (Å²) in [7, 11) is 0. The molecule has 9 heteroatoms. The van der Waals surface area contributed by atoms with Crippen molar-refractivity contribution in [2.24, 2.45) is 25.7 Å². The molecular weight excluding hydrogens is 282 g/mol. The molecular formula is C13H11N9. The molecule has 2 aromatic heterocycles. The van der Waals surface area contributed by atoms with Crippen LogP contribution in [0.2, 0.25) is 0 Å². The lowest BCUT2D eigenvalue weighted by molar-refractivity contribution is 0.653. The molecule has 0 saturated carbocycles. The van der Waals surface area contributed by atoms with E-state index in [9.17, 15) is 0 Å². The number of rotatable bonds is 1. The van der Waals surface area contributed by atoms with Crippen molar-refractivity contribution in [1.29, 1.82) is 0 Å². The van der Waals surface area contributed by atoms with Gasteiger partial charge in [-0.3, -0.25) is 4.98 Å². The molecule has 0 aliphatic carbocycles. The smallest absolute Gasteiger partial charge is 0.251 e. The zero-order valence-electron chi connectivity index (χ0n) is 11.6. The molecule has 1 unspecified atom stereocenters. The highest BCUT2D eigenvalue weighted by Gasteiger charge is 2.36. The monoisotopic (exact) mass is 293 g/mol. The Morgan fingerprint density at radius 3 is 2.95 bits per heavy atom. The average Bonchev–Trinajstić information content (AvgIpc) is 3.17. The summed E-state index contributed by atoms with van der Waals surface area (Å²) >= 11 is 0. The maximum absolute atomic E-state index is 6.16. The summed E-state index contributed by atoms with van der Waals surface area (Å²) in [6.45, 7) is 1.74. The Morgan fingerprint density at radius 2 is 2.14 bits per heavy atom. The van der Waals surface area contributed by atoms with E-state index >= 15 is 0 Å². The van der Waals surface area contributed by atoms with Crippen LogP contribution in [0, 0.1) is 0 Å². The van der Waals surface area contributed by atoms with E-state index in [1.807, 2.05) is 18.2 Å². The van der Waals surface area contributed by atoms with Crippen molar-refractivity contribution in [2.45, 2.75) is 12.6 Å². The third kappa shape index (κ3) is 1.95. The van der Waals surface area contributed by atoms with E-state index in [2.05, 4.69) is 35.3 Å². The second kappa shape index (κ2) is 4.46. The number of fused-ring (bicyclic) bond motifs is 1. The highest BCUT2D eigenvalue weighted by molar-refractivity contribution is 6.51. The molecule has 2 aromatic rings. The van der Waals surface area contributed by atoms with Gasteiger partial charge in [-0.2, -0.15) is 9.67 Å². The Morgan fingerprint density at radius 1 is 1.23 bits per heavy atom. The van der Waals surface area contributed by atoms with E-state index in [-0.39, 0.29) is 0 Å². The number of aliphatic imine (C=N–C) groups is 4. The predicted molar refractivity (Wildman–Crippen MR) is 82.0 cm³/mol. The molecule has 2 N–H and O–H groups in total. The first-order valence-corrected chi connectivity index (χ1v) is 6.56. The van der Waals surface area contributed by atoms with Crippen LogP contribution < -0.4 is 5.73 Å². The van der Waals surface area contributed by atoms with E-state index in [0.717, 1.165) is 5.69 Å². The van der Waals surface area contributed by atoms with Gasteiger partial charge in [-0.05, 0) is 19.1 Å². The average molecular weight is 293 g/mol. The first-order valence-electron chi connectivity index (χ1n) is 6.56. The molecule has 2 aliphatic heterocycles. The van der Waals surface area contributed by atoms with Gasteiger partial charge >= 0.3 is 0 Å². The molecule has 0 aromatic carbocycles. The Hall–Kier alpha value is -3.07. The molecule has 4 rings (SSSR count). The molecule has 0 bridgehead atoms. The van der Waals surface area contributed by atoms with Crippen molar-refractivity contribution in [2.75, 3.05) is 0 Å². The third-order valence-electron chi connectivity index (χ3n) is 3.22. The minimum absolute atomic E-state index is 0.313. The SMILES string of the molecule is CC1(N)N=C(n2cc(-c3ccccn3)nn2)N=C2N=CN=C21. The fourth-order valence-corrected chi connectivity index (χ4v) is 2.18. The van der Waals surface area contributed by atoms with Crippen LogP contribution in [0.25, 0.3) is 11.4 Å². The molecule has 4 heterocycles. The lowest BCUT2D eigenvalue weighted by Crippen LogP contribution is -2.49. The number of amidine groups is 1. The summed E-state index contributed by atoms with van der Waals surface area (Å²) in [5, 5.41) is 8.12. The van der Waals surface area contributed by atoms with Crippen LogP contribution >= 0.6 is 0 Å². The van der Waals surface area contributed by atoms with Crippen LogP contribution in [0.4, 0.5) is 0 Å². The highest BCUT2D eigenvalue weighted by atomic mass is 15.5. The van der Waals surface area contributed by atoms with Crippen molar-refractivity contribution in [3.05, 3.63) is 30.6 Å². The van der Waals surface area contributed by atoms with Crippen molar-refractivity contribution in [3.63, 3.8) is 0 Å². The molecule has 0 fully saturated rings. The van der Waals surface area contributed by atoms with Gasteiger partial charge in [0.1, 0.15) is 17.7 Å². The fraction of sp³-hybridized carbons (Fsp3) is 0.154. The number of nitrogens with two attached hydrogens (primary N) is 1. The second-order valence-corrected chi connectivity index (χ2v) is 4.98. The first-order chi connectivity index (χ1) is 10.6. The van der Waals surface area contributed by atoms with Gasteiger partial charge < -0.3 is 5.73 Å². The standard InChI is InChI=1S/C13H11N9/c1-13(14)10-11(17-7-16-10)18-12(19-13)22-6-9(20-21-22)8-4-2-3-5-15-8/h2-7H,14H2,1H3. The molecule has 0 spiro atoms.